The minimum atomic E-state index is 0.447. The Kier molecular flexibility index (Phi) is 5.01. The van der Waals surface area contributed by atoms with Crippen molar-refractivity contribution in [1.82, 2.24) is 15.1 Å². The zero-order valence-electron chi connectivity index (χ0n) is 15.7. The maximum atomic E-state index is 5.39. The van der Waals surface area contributed by atoms with Gasteiger partial charge < -0.3 is 14.6 Å². The van der Waals surface area contributed by atoms with E-state index >= 15 is 0 Å². The molecule has 4 rings (SSSR count). The fourth-order valence-corrected chi connectivity index (χ4v) is 2.76. The van der Waals surface area contributed by atoms with Crippen molar-refractivity contribution in [2.45, 2.75) is 13.5 Å². The summed E-state index contributed by atoms with van der Waals surface area (Å²) in [5.74, 6) is 2.62. The number of aromatic nitrogens is 3. The predicted molar refractivity (Wildman–Crippen MR) is 108 cm³/mol. The second-order valence-electron chi connectivity index (χ2n) is 6.43. The molecule has 6 heteroatoms. The topological polar surface area (TPSA) is 73.1 Å². The number of hydrogen-bond acceptors (Lipinski definition) is 6. The highest BCUT2D eigenvalue weighted by Crippen LogP contribution is 2.23. The number of ether oxygens (including phenoxy) is 1. The lowest BCUT2D eigenvalue weighted by atomic mass is 10.1. The van der Waals surface area contributed by atoms with Crippen molar-refractivity contribution in [3.63, 3.8) is 0 Å². The molecule has 0 fully saturated rings. The molecule has 0 saturated carbocycles. The molecule has 6 nitrogen and oxygen atoms in total. The van der Waals surface area contributed by atoms with Crippen LogP contribution in [0.4, 0.5) is 5.82 Å². The van der Waals surface area contributed by atoms with E-state index in [0.29, 0.717) is 18.3 Å². The first kappa shape index (κ1) is 17.7. The highest BCUT2D eigenvalue weighted by molar-refractivity contribution is 5.60. The molecule has 1 N–H and O–H groups in total. The van der Waals surface area contributed by atoms with Gasteiger partial charge in [-0.05, 0) is 36.8 Å². The van der Waals surface area contributed by atoms with E-state index in [4.69, 9.17) is 9.26 Å². The standard InChI is InChI=1S/C22H20N4O2/c1-15-6-8-17(9-7-15)21-25-22(28-26-21)18-10-11-20(24-14-18)23-13-16-4-3-5-19(12-16)27-2/h3-12,14H,13H2,1-2H3,(H,23,24). The van der Waals surface area contributed by atoms with Gasteiger partial charge in [0.05, 0.1) is 12.7 Å². The molecule has 0 aliphatic carbocycles. The van der Waals surface area contributed by atoms with Gasteiger partial charge in [-0.2, -0.15) is 4.98 Å². The minimum Gasteiger partial charge on any atom is -0.497 e. The van der Waals surface area contributed by atoms with Crippen LogP contribution in [-0.2, 0) is 6.54 Å². The second kappa shape index (κ2) is 7.92. The molecule has 140 valence electrons. The van der Waals surface area contributed by atoms with Crippen LogP contribution in [0, 0.1) is 6.92 Å². The van der Waals surface area contributed by atoms with Crippen molar-refractivity contribution in [3.8, 4) is 28.6 Å². The lowest BCUT2D eigenvalue weighted by Crippen LogP contribution is -2.01. The number of nitrogens with zero attached hydrogens (tertiary/aromatic N) is 3. The van der Waals surface area contributed by atoms with Crippen LogP contribution in [0.25, 0.3) is 22.8 Å². The molecule has 2 aromatic carbocycles. The van der Waals surface area contributed by atoms with Crippen molar-refractivity contribution >= 4 is 5.82 Å². The van der Waals surface area contributed by atoms with Crippen molar-refractivity contribution in [3.05, 3.63) is 78.0 Å². The van der Waals surface area contributed by atoms with E-state index < -0.39 is 0 Å². The third-order valence-corrected chi connectivity index (χ3v) is 4.35. The van der Waals surface area contributed by atoms with Crippen molar-refractivity contribution in [2.75, 3.05) is 12.4 Å². The quantitative estimate of drug-likeness (QED) is 0.528. The van der Waals surface area contributed by atoms with Crippen LogP contribution in [0.2, 0.25) is 0 Å². The maximum absolute atomic E-state index is 5.39. The van der Waals surface area contributed by atoms with Crippen LogP contribution in [0.3, 0.4) is 0 Å². The Hall–Kier alpha value is -3.67. The lowest BCUT2D eigenvalue weighted by molar-refractivity contribution is 0.414. The highest BCUT2D eigenvalue weighted by Gasteiger charge is 2.11. The molecule has 0 unspecified atom stereocenters. The summed E-state index contributed by atoms with van der Waals surface area (Å²) < 4.78 is 10.6. The van der Waals surface area contributed by atoms with E-state index in [9.17, 15) is 0 Å². The third-order valence-electron chi connectivity index (χ3n) is 4.35. The Balaban J connectivity index is 1.44. The molecule has 28 heavy (non-hydrogen) atoms. The number of rotatable bonds is 6. The Labute approximate surface area is 163 Å². The molecular formula is C22H20N4O2. The predicted octanol–water partition coefficient (Wildman–Crippen LogP) is 4.73. The lowest BCUT2D eigenvalue weighted by Gasteiger charge is -2.07. The fraction of sp³-hybridized carbons (Fsp3) is 0.136. The number of nitrogens with one attached hydrogen (secondary N) is 1. The monoisotopic (exact) mass is 372 g/mol. The van der Waals surface area contributed by atoms with Crippen molar-refractivity contribution in [2.24, 2.45) is 0 Å². The molecule has 4 aromatic rings. The fourth-order valence-electron chi connectivity index (χ4n) is 2.76. The highest BCUT2D eigenvalue weighted by atomic mass is 16.5. The summed E-state index contributed by atoms with van der Waals surface area (Å²) in [6.07, 6.45) is 1.72. The first-order chi connectivity index (χ1) is 13.7. The first-order valence-corrected chi connectivity index (χ1v) is 8.95. The molecule has 0 saturated heterocycles. The Morgan fingerprint density at radius 3 is 2.57 bits per heavy atom. The van der Waals surface area contributed by atoms with Gasteiger partial charge in [0.25, 0.3) is 5.89 Å². The summed E-state index contributed by atoms with van der Waals surface area (Å²) in [5, 5.41) is 7.36. The van der Waals surface area contributed by atoms with Gasteiger partial charge in [-0.1, -0.05) is 47.1 Å². The SMILES string of the molecule is COc1cccc(CNc2ccc(-c3nc(-c4ccc(C)cc4)no3)cn2)c1. The van der Waals surface area contributed by atoms with Gasteiger partial charge in [-0.15, -0.1) is 0 Å². The third kappa shape index (κ3) is 4.01. The average Bonchev–Trinajstić information content (AvgIpc) is 3.23. The Morgan fingerprint density at radius 1 is 1.00 bits per heavy atom. The van der Waals surface area contributed by atoms with Crippen LogP contribution in [-0.4, -0.2) is 22.2 Å². The van der Waals surface area contributed by atoms with Crippen LogP contribution in [0.15, 0.2) is 71.4 Å². The smallest absolute Gasteiger partial charge is 0.259 e. The van der Waals surface area contributed by atoms with Crippen molar-refractivity contribution < 1.29 is 9.26 Å². The molecule has 2 heterocycles. The van der Waals surface area contributed by atoms with Crippen molar-refractivity contribution in [1.29, 1.82) is 0 Å². The van der Waals surface area contributed by atoms with Crippen LogP contribution in [0.5, 0.6) is 5.75 Å². The normalized spacial score (nSPS) is 10.6. The summed E-state index contributed by atoms with van der Waals surface area (Å²) in [5.41, 5.74) is 4.00. The molecule has 0 aliphatic rings. The molecule has 0 aliphatic heterocycles. The van der Waals surface area contributed by atoms with Gasteiger partial charge in [0.15, 0.2) is 0 Å². The molecule has 0 amide bonds. The second-order valence-corrected chi connectivity index (χ2v) is 6.43. The molecule has 0 atom stereocenters. The number of hydrogen-bond donors (Lipinski definition) is 1. The van der Waals surface area contributed by atoms with Crippen LogP contribution >= 0.6 is 0 Å². The molecule has 0 bridgehead atoms. The molecule has 0 spiro atoms. The van der Waals surface area contributed by atoms with Gasteiger partial charge in [-0.25, -0.2) is 4.98 Å². The van der Waals surface area contributed by atoms with E-state index in [1.165, 1.54) is 5.56 Å². The summed E-state index contributed by atoms with van der Waals surface area (Å²) in [6, 6.07) is 19.7. The molecule has 2 aromatic heterocycles. The van der Waals surface area contributed by atoms with Gasteiger partial charge in [0.1, 0.15) is 11.6 Å². The van der Waals surface area contributed by atoms with Crippen LogP contribution in [0.1, 0.15) is 11.1 Å². The zero-order valence-corrected chi connectivity index (χ0v) is 15.7. The van der Waals surface area contributed by atoms with E-state index in [0.717, 1.165) is 28.3 Å². The van der Waals surface area contributed by atoms with E-state index in [1.807, 2.05) is 67.6 Å². The van der Waals surface area contributed by atoms with E-state index in [-0.39, 0.29) is 0 Å². The summed E-state index contributed by atoms with van der Waals surface area (Å²) in [6.45, 7) is 2.70. The summed E-state index contributed by atoms with van der Waals surface area (Å²) >= 11 is 0. The van der Waals surface area contributed by atoms with E-state index in [1.54, 1.807) is 13.3 Å². The van der Waals surface area contributed by atoms with Gasteiger partial charge >= 0.3 is 0 Å². The minimum absolute atomic E-state index is 0.447. The average molecular weight is 372 g/mol. The Morgan fingerprint density at radius 2 is 1.82 bits per heavy atom. The zero-order chi connectivity index (χ0) is 19.3. The van der Waals surface area contributed by atoms with Gasteiger partial charge in [0, 0.05) is 18.3 Å². The van der Waals surface area contributed by atoms with E-state index in [2.05, 4.69) is 20.4 Å². The molecule has 0 radical (unpaired) electrons. The number of anilines is 1. The number of pyridine rings is 1. The molecular weight excluding hydrogens is 352 g/mol. The first-order valence-electron chi connectivity index (χ1n) is 8.95. The Bertz CT molecular complexity index is 1060. The summed E-state index contributed by atoms with van der Waals surface area (Å²) in [4.78, 5) is 8.91. The number of aryl methyl sites for hydroxylation is 1. The summed E-state index contributed by atoms with van der Waals surface area (Å²) in [7, 11) is 1.66. The van der Waals surface area contributed by atoms with Gasteiger partial charge in [-0.3, -0.25) is 0 Å². The number of methoxy groups -OCH3 is 1. The largest absolute Gasteiger partial charge is 0.497 e. The van der Waals surface area contributed by atoms with Gasteiger partial charge in [0.2, 0.25) is 5.82 Å². The maximum Gasteiger partial charge on any atom is 0.259 e. The number of benzene rings is 2. The van der Waals surface area contributed by atoms with Crippen LogP contribution < -0.4 is 10.1 Å².